The molecular weight excluding hydrogens is 258 g/mol. The Morgan fingerprint density at radius 3 is 2.67 bits per heavy atom. The van der Waals surface area contributed by atoms with Crippen LogP contribution in [0.3, 0.4) is 0 Å². The van der Waals surface area contributed by atoms with E-state index in [1.54, 1.807) is 0 Å². The molecule has 0 amide bonds. The number of nitrogens with zero attached hydrogens (tertiary/aromatic N) is 2. The molecule has 1 heterocycles. The minimum atomic E-state index is 0.297. The number of hydrogen-bond donors (Lipinski definition) is 1. The van der Waals surface area contributed by atoms with Gasteiger partial charge >= 0.3 is 0 Å². The standard InChI is InChI=1S/C18H25N3/c1-5-19-15(3)18-10-9-17(12-20-18)21(4)13-16-8-6-7-14(2)11-16/h6-12,15,19H,5,13H2,1-4H3. The van der Waals surface area contributed by atoms with Crippen LogP contribution in [-0.2, 0) is 6.54 Å². The molecule has 0 aliphatic rings. The topological polar surface area (TPSA) is 28.2 Å². The Morgan fingerprint density at radius 2 is 2.05 bits per heavy atom. The van der Waals surface area contributed by atoms with Crippen molar-refractivity contribution >= 4 is 5.69 Å². The van der Waals surface area contributed by atoms with Crippen LogP contribution in [0, 0.1) is 6.92 Å². The van der Waals surface area contributed by atoms with Crippen molar-refractivity contribution in [2.45, 2.75) is 33.4 Å². The largest absolute Gasteiger partial charge is 0.369 e. The van der Waals surface area contributed by atoms with E-state index in [1.165, 1.54) is 11.1 Å². The average Bonchev–Trinajstić information content (AvgIpc) is 2.47. The fourth-order valence-electron chi connectivity index (χ4n) is 2.47. The Labute approximate surface area is 128 Å². The molecule has 1 N–H and O–H groups in total. The molecular formula is C18H25N3. The summed E-state index contributed by atoms with van der Waals surface area (Å²) in [6.07, 6.45) is 1.96. The predicted octanol–water partition coefficient (Wildman–Crippen LogP) is 3.70. The maximum atomic E-state index is 4.57. The summed E-state index contributed by atoms with van der Waals surface area (Å²) in [5, 5.41) is 3.38. The summed E-state index contributed by atoms with van der Waals surface area (Å²) in [6, 6.07) is 13.2. The molecule has 112 valence electrons. The number of benzene rings is 1. The van der Waals surface area contributed by atoms with E-state index in [-0.39, 0.29) is 0 Å². The molecule has 0 saturated carbocycles. The molecule has 0 bridgehead atoms. The SMILES string of the molecule is CCNC(C)c1ccc(N(C)Cc2cccc(C)c2)cn1. The first-order valence-corrected chi connectivity index (χ1v) is 7.56. The summed E-state index contributed by atoms with van der Waals surface area (Å²) < 4.78 is 0. The zero-order valence-corrected chi connectivity index (χ0v) is 13.4. The Balaban J connectivity index is 2.04. The van der Waals surface area contributed by atoms with Gasteiger partial charge in [0.1, 0.15) is 0 Å². The van der Waals surface area contributed by atoms with Gasteiger partial charge in [-0.3, -0.25) is 4.98 Å². The number of pyridine rings is 1. The van der Waals surface area contributed by atoms with Gasteiger partial charge in [0.25, 0.3) is 0 Å². The molecule has 3 heteroatoms. The molecule has 2 rings (SSSR count). The van der Waals surface area contributed by atoms with Crippen LogP contribution in [0.2, 0.25) is 0 Å². The van der Waals surface area contributed by atoms with Gasteiger partial charge in [-0.05, 0) is 38.1 Å². The number of nitrogens with one attached hydrogen (secondary N) is 1. The minimum Gasteiger partial charge on any atom is -0.369 e. The van der Waals surface area contributed by atoms with Gasteiger partial charge in [-0.1, -0.05) is 36.8 Å². The van der Waals surface area contributed by atoms with Crippen LogP contribution in [0.15, 0.2) is 42.6 Å². The van der Waals surface area contributed by atoms with Crippen LogP contribution < -0.4 is 10.2 Å². The lowest BCUT2D eigenvalue weighted by Crippen LogP contribution is -2.20. The molecule has 0 aliphatic carbocycles. The number of aromatic nitrogens is 1. The van der Waals surface area contributed by atoms with E-state index >= 15 is 0 Å². The van der Waals surface area contributed by atoms with E-state index in [4.69, 9.17) is 0 Å². The van der Waals surface area contributed by atoms with E-state index in [1.807, 2.05) is 6.20 Å². The molecule has 2 aromatic rings. The third-order valence-corrected chi connectivity index (χ3v) is 3.67. The fraction of sp³-hybridized carbons (Fsp3) is 0.389. The van der Waals surface area contributed by atoms with E-state index in [0.29, 0.717) is 6.04 Å². The monoisotopic (exact) mass is 283 g/mol. The maximum Gasteiger partial charge on any atom is 0.0572 e. The number of aryl methyl sites for hydroxylation is 1. The maximum absolute atomic E-state index is 4.57. The smallest absolute Gasteiger partial charge is 0.0572 e. The summed E-state index contributed by atoms with van der Waals surface area (Å²) in [5.41, 5.74) is 4.85. The van der Waals surface area contributed by atoms with E-state index in [9.17, 15) is 0 Å². The van der Waals surface area contributed by atoms with Crippen LogP contribution in [0.5, 0.6) is 0 Å². The highest BCUT2D eigenvalue weighted by atomic mass is 15.1. The molecule has 1 aromatic carbocycles. The molecule has 0 fully saturated rings. The van der Waals surface area contributed by atoms with Crippen molar-refractivity contribution < 1.29 is 0 Å². The van der Waals surface area contributed by atoms with E-state index in [2.05, 4.69) is 79.4 Å². The molecule has 0 saturated heterocycles. The third-order valence-electron chi connectivity index (χ3n) is 3.67. The summed E-state index contributed by atoms with van der Waals surface area (Å²) in [4.78, 5) is 6.80. The van der Waals surface area contributed by atoms with Gasteiger partial charge in [0.2, 0.25) is 0 Å². The summed E-state index contributed by atoms with van der Waals surface area (Å²) in [5.74, 6) is 0. The van der Waals surface area contributed by atoms with Crippen molar-refractivity contribution in [3.05, 3.63) is 59.4 Å². The normalized spacial score (nSPS) is 12.2. The van der Waals surface area contributed by atoms with E-state index < -0.39 is 0 Å². The fourth-order valence-corrected chi connectivity index (χ4v) is 2.47. The molecule has 3 nitrogen and oxygen atoms in total. The predicted molar refractivity (Wildman–Crippen MR) is 89.6 cm³/mol. The summed E-state index contributed by atoms with van der Waals surface area (Å²) in [6.45, 7) is 8.23. The van der Waals surface area contributed by atoms with Crippen LogP contribution in [0.4, 0.5) is 5.69 Å². The first-order valence-electron chi connectivity index (χ1n) is 7.56. The van der Waals surface area contributed by atoms with Gasteiger partial charge < -0.3 is 10.2 Å². The van der Waals surface area contributed by atoms with Crippen molar-refractivity contribution in [2.75, 3.05) is 18.5 Å². The van der Waals surface area contributed by atoms with Crippen LogP contribution in [-0.4, -0.2) is 18.6 Å². The quantitative estimate of drug-likeness (QED) is 0.876. The summed E-state index contributed by atoms with van der Waals surface area (Å²) >= 11 is 0. The Bertz CT molecular complexity index is 563. The molecule has 1 atom stereocenters. The highest BCUT2D eigenvalue weighted by Gasteiger charge is 2.07. The number of hydrogen-bond acceptors (Lipinski definition) is 3. The Hall–Kier alpha value is -1.87. The Kier molecular flexibility index (Phi) is 5.34. The zero-order valence-electron chi connectivity index (χ0n) is 13.4. The molecule has 1 aromatic heterocycles. The van der Waals surface area contributed by atoms with Gasteiger partial charge in [-0.2, -0.15) is 0 Å². The molecule has 0 spiro atoms. The molecule has 0 radical (unpaired) electrons. The lowest BCUT2D eigenvalue weighted by atomic mass is 10.1. The van der Waals surface area contributed by atoms with Crippen LogP contribution in [0.1, 0.15) is 36.7 Å². The second-order valence-electron chi connectivity index (χ2n) is 5.57. The Morgan fingerprint density at radius 1 is 1.24 bits per heavy atom. The van der Waals surface area contributed by atoms with Crippen LogP contribution in [0.25, 0.3) is 0 Å². The van der Waals surface area contributed by atoms with Crippen molar-refractivity contribution in [1.82, 2.24) is 10.3 Å². The van der Waals surface area contributed by atoms with Gasteiger partial charge in [0, 0.05) is 19.6 Å². The van der Waals surface area contributed by atoms with Gasteiger partial charge in [-0.15, -0.1) is 0 Å². The first kappa shape index (κ1) is 15.5. The first-order chi connectivity index (χ1) is 10.1. The zero-order chi connectivity index (χ0) is 15.2. The summed E-state index contributed by atoms with van der Waals surface area (Å²) in [7, 11) is 2.10. The van der Waals surface area contributed by atoms with Crippen molar-refractivity contribution in [2.24, 2.45) is 0 Å². The second kappa shape index (κ2) is 7.23. The number of anilines is 1. The average molecular weight is 283 g/mol. The van der Waals surface area contributed by atoms with Crippen molar-refractivity contribution in [3.63, 3.8) is 0 Å². The minimum absolute atomic E-state index is 0.297. The number of rotatable bonds is 6. The van der Waals surface area contributed by atoms with Crippen LogP contribution >= 0.6 is 0 Å². The van der Waals surface area contributed by atoms with Crippen molar-refractivity contribution in [3.8, 4) is 0 Å². The highest BCUT2D eigenvalue weighted by molar-refractivity contribution is 5.44. The van der Waals surface area contributed by atoms with Gasteiger partial charge in [-0.25, -0.2) is 0 Å². The molecule has 1 unspecified atom stereocenters. The third kappa shape index (κ3) is 4.30. The molecule has 0 aliphatic heterocycles. The lowest BCUT2D eigenvalue weighted by molar-refractivity contribution is 0.583. The lowest BCUT2D eigenvalue weighted by Gasteiger charge is -2.20. The van der Waals surface area contributed by atoms with E-state index in [0.717, 1.165) is 24.5 Å². The second-order valence-corrected chi connectivity index (χ2v) is 5.57. The highest BCUT2D eigenvalue weighted by Crippen LogP contribution is 2.17. The molecule has 21 heavy (non-hydrogen) atoms. The van der Waals surface area contributed by atoms with Gasteiger partial charge in [0.05, 0.1) is 17.6 Å². The van der Waals surface area contributed by atoms with Gasteiger partial charge in [0.15, 0.2) is 0 Å². The van der Waals surface area contributed by atoms with Crippen molar-refractivity contribution in [1.29, 1.82) is 0 Å².